The van der Waals surface area contributed by atoms with Crippen LogP contribution in [-0.2, 0) is 26.7 Å². The van der Waals surface area contributed by atoms with E-state index in [1.807, 2.05) is 30.1 Å². The van der Waals surface area contributed by atoms with Crippen LogP contribution in [0.4, 0.5) is 0 Å². The molecule has 3 rings (SSSR count). The van der Waals surface area contributed by atoms with Crippen molar-refractivity contribution in [3.05, 3.63) is 48.0 Å². The highest BCUT2D eigenvalue weighted by molar-refractivity contribution is 5.75. The lowest BCUT2D eigenvalue weighted by Gasteiger charge is -2.06. The average molecular weight is 269 g/mol. The van der Waals surface area contributed by atoms with Gasteiger partial charge >= 0.3 is 0 Å². The number of imidazole rings is 1. The van der Waals surface area contributed by atoms with Gasteiger partial charge in [-0.2, -0.15) is 5.10 Å². The summed E-state index contributed by atoms with van der Waals surface area (Å²) in [6.45, 7) is 4.59. The molecule has 5 heteroatoms. The van der Waals surface area contributed by atoms with E-state index in [-0.39, 0.29) is 0 Å². The Hall–Kier alpha value is -2.14. The van der Waals surface area contributed by atoms with E-state index in [0.717, 1.165) is 36.7 Å². The monoisotopic (exact) mass is 269 g/mol. The van der Waals surface area contributed by atoms with Crippen LogP contribution in [0.2, 0.25) is 0 Å². The molecular weight excluding hydrogens is 250 g/mol. The Bertz CT molecular complexity index is 710. The van der Waals surface area contributed by atoms with Crippen LogP contribution in [0.3, 0.4) is 0 Å². The van der Waals surface area contributed by atoms with Gasteiger partial charge in [0.05, 0.1) is 23.3 Å². The zero-order chi connectivity index (χ0) is 13.9. The number of fused-ring (bicyclic) bond motifs is 1. The second-order valence-electron chi connectivity index (χ2n) is 4.85. The highest BCUT2D eigenvalue weighted by Gasteiger charge is 2.08. The first-order valence-corrected chi connectivity index (χ1v) is 6.91. The summed E-state index contributed by atoms with van der Waals surface area (Å²) in [7, 11) is 1.93. The van der Waals surface area contributed by atoms with Gasteiger partial charge in [-0.15, -0.1) is 0 Å². The molecule has 0 aliphatic rings. The van der Waals surface area contributed by atoms with E-state index in [1.165, 1.54) is 5.52 Å². The summed E-state index contributed by atoms with van der Waals surface area (Å²) < 4.78 is 4.07. The van der Waals surface area contributed by atoms with E-state index >= 15 is 0 Å². The minimum atomic E-state index is 0.749. The maximum atomic E-state index is 4.69. The third-order valence-electron chi connectivity index (χ3n) is 3.41. The van der Waals surface area contributed by atoms with Crippen LogP contribution in [-0.4, -0.2) is 19.3 Å². The molecule has 2 heterocycles. The summed E-state index contributed by atoms with van der Waals surface area (Å²) in [4.78, 5) is 4.69. The summed E-state index contributed by atoms with van der Waals surface area (Å²) in [6, 6.07) is 10.3. The molecule has 0 radical (unpaired) electrons. The van der Waals surface area contributed by atoms with E-state index in [0.29, 0.717) is 0 Å². The Balaban J connectivity index is 1.73. The van der Waals surface area contributed by atoms with E-state index < -0.39 is 0 Å². The first-order valence-electron chi connectivity index (χ1n) is 6.91. The minimum Gasteiger partial charge on any atom is -0.327 e. The summed E-state index contributed by atoms with van der Waals surface area (Å²) in [5.74, 6) is 1.07. The zero-order valence-corrected chi connectivity index (χ0v) is 11.9. The molecule has 0 spiro atoms. The molecule has 1 N–H and O–H groups in total. The van der Waals surface area contributed by atoms with Gasteiger partial charge in [0.2, 0.25) is 0 Å². The maximum Gasteiger partial charge on any atom is 0.123 e. The van der Waals surface area contributed by atoms with Crippen LogP contribution in [0.1, 0.15) is 18.4 Å². The van der Waals surface area contributed by atoms with Crippen LogP contribution in [0, 0.1) is 0 Å². The predicted molar refractivity (Wildman–Crippen MR) is 79.2 cm³/mol. The average Bonchev–Trinajstić information content (AvgIpc) is 3.02. The topological polar surface area (TPSA) is 47.7 Å². The zero-order valence-electron chi connectivity index (χ0n) is 11.9. The SMILES string of the molecule is CCn1c(CNCc2ccn(C)n2)nc2ccccc21. The molecule has 2 aromatic heterocycles. The number of aryl methyl sites for hydroxylation is 2. The molecule has 0 amide bonds. The number of para-hydroxylation sites is 2. The second kappa shape index (κ2) is 5.46. The lowest BCUT2D eigenvalue weighted by Crippen LogP contribution is -2.17. The largest absolute Gasteiger partial charge is 0.327 e. The Labute approximate surface area is 118 Å². The van der Waals surface area contributed by atoms with Crippen LogP contribution in [0.5, 0.6) is 0 Å². The van der Waals surface area contributed by atoms with Crippen LogP contribution in [0.15, 0.2) is 36.5 Å². The number of benzene rings is 1. The van der Waals surface area contributed by atoms with Crippen molar-refractivity contribution in [1.29, 1.82) is 0 Å². The van der Waals surface area contributed by atoms with Gasteiger partial charge in [-0.05, 0) is 25.1 Å². The first kappa shape index (κ1) is 12.9. The minimum absolute atomic E-state index is 0.749. The summed E-state index contributed by atoms with van der Waals surface area (Å²) in [5.41, 5.74) is 3.31. The molecule has 0 saturated heterocycles. The van der Waals surface area contributed by atoms with Crippen LogP contribution < -0.4 is 5.32 Å². The molecule has 0 aliphatic carbocycles. The van der Waals surface area contributed by atoms with Gasteiger partial charge in [0.15, 0.2) is 0 Å². The van der Waals surface area contributed by atoms with Crippen LogP contribution in [0.25, 0.3) is 11.0 Å². The van der Waals surface area contributed by atoms with Gasteiger partial charge in [0.1, 0.15) is 5.82 Å². The fraction of sp³-hybridized carbons (Fsp3) is 0.333. The Morgan fingerprint density at radius 3 is 2.75 bits per heavy atom. The Kier molecular flexibility index (Phi) is 3.52. The van der Waals surface area contributed by atoms with Crippen molar-refractivity contribution in [2.75, 3.05) is 0 Å². The third-order valence-corrected chi connectivity index (χ3v) is 3.41. The normalized spacial score (nSPS) is 11.3. The van der Waals surface area contributed by atoms with E-state index in [1.54, 1.807) is 0 Å². The van der Waals surface area contributed by atoms with Gasteiger partial charge < -0.3 is 9.88 Å². The van der Waals surface area contributed by atoms with Gasteiger partial charge in [-0.3, -0.25) is 4.68 Å². The molecule has 0 bridgehead atoms. The van der Waals surface area contributed by atoms with E-state index in [4.69, 9.17) is 4.98 Å². The highest BCUT2D eigenvalue weighted by atomic mass is 15.3. The first-order chi connectivity index (χ1) is 9.78. The number of nitrogens with one attached hydrogen (secondary N) is 1. The fourth-order valence-electron chi connectivity index (χ4n) is 2.47. The number of rotatable bonds is 5. The quantitative estimate of drug-likeness (QED) is 0.771. The number of hydrogen-bond acceptors (Lipinski definition) is 3. The third kappa shape index (κ3) is 2.44. The predicted octanol–water partition coefficient (Wildman–Crippen LogP) is 2.08. The van der Waals surface area contributed by atoms with Gasteiger partial charge in [0, 0.05) is 26.3 Å². The number of aromatic nitrogens is 4. The second-order valence-corrected chi connectivity index (χ2v) is 4.85. The Morgan fingerprint density at radius 1 is 1.15 bits per heavy atom. The van der Waals surface area contributed by atoms with Gasteiger partial charge in [0.25, 0.3) is 0 Å². The van der Waals surface area contributed by atoms with Crippen molar-refractivity contribution in [3.8, 4) is 0 Å². The molecule has 0 fully saturated rings. The van der Waals surface area contributed by atoms with Crippen molar-refractivity contribution in [1.82, 2.24) is 24.6 Å². The van der Waals surface area contributed by atoms with Gasteiger partial charge in [-0.25, -0.2) is 4.98 Å². The Morgan fingerprint density at radius 2 is 2.00 bits per heavy atom. The van der Waals surface area contributed by atoms with Crippen molar-refractivity contribution in [2.45, 2.75) is 26.6 Å². The molecule has 5 nitrogen and oxygen atoms in total. The molecule has 3 aromatic rings. The van der Waals surface area contributed by atoms with E-state index in [2.05, 4.69) is 40.1 Å². The highest BCUT2D eigenvalue weighted by Crippen LogP contribution is 2.15. The molecule has 0 saturated carbocycles. The van der Waals surface area contributed by atoms with Crippen molar-refractivity contribution in [2.24, 2.45) is 7.05 Å². The lowest BCUT2D eigenvalue weighted by molar-refractivity contribution is 0.607. The fourth-order valence-corrected chi connectivity index (χ4v) is 2.47. The summed E-state index contributed by atoms with van der Waals surface area (Å²) in [6.07, 6.45) is 1.96. The number of nitrogens with zero attached hydrogens (tertiary/aromatic N) is 4. The smallest absolute Gasteiger partial charge is 0.123 e. The molecule has 0 aliphatic heterocycles. The molecule has 0 atom stereocenters. The van der Waals surface area contributed by atoms with Crippen molar-refractivity contribution >= 4 is 11.0 Å². The lowest BCUT2D eigenvalue weighted by atomic mass is 10.3. The molecule has 0 unspecified atom stereocenters. The number of hydrogen-bond donors (Lipinski definition) is 1. The standard InChI is InChI=1S/C15H19N5/c1-3-20-14-7-5-4-6-13(14)17-15(20)11-16-10-12-8-9-19(2)18-12/h4-9,16H,3,10-11H2,1-2H3. The van der Waals surface area contributed by atoms with E-state index in [9.17, 15) is 0 Å². The molecule has 20 heavy (non-hydrogen) atoms. The maximum absolute atomic E-state index is 4.69. The van der Waals surface area contributed by atoms with Crippen molar-refractivity contribution in [3.63, 3.8) is 0 Å². The van der Waals surface area contributed by atoms with Gasteiger partial charge in [-0.1, -0.05) is 12.1 Å². The molecule has 1 aromatic carbocycles. The summed E-state index contributed by atoms with van der Waals surface area (Å²) >= 11 is 0. The van der Waals surface area contributed by atoms with Crippen LogP contribution >= 0.6 is 0 Å². The summed E-state index contributed by atoms with van der Waals surface area (Å²) in [5, 5.41) is 7.76. The molecular formula is C15H19N5. The molecule has 104 valence electrons. The van der Waals surface area contributed by atoms with Crippen molar-refractivity contribution < 1.29 is 0 Å².